The minimum Gasteiger partial charge on any atom is -0.497 e. The molecule has 0 spiro atoms. The van der Waals surface area contributed by atoms with E-state index in [4.69, 9.17) is 9.47 Å². The lowest BCUT2D eigenvalue weighted by Crippen LogP contribution is -2.36. The zero-order valence-corrected chi connectivity index (χ0v) is 13.5. The quantitative estimate of drug-likeness (QED) is 0.771. The lowest BCUT2D eigenvalue weighted by molar-refractivity contribution is -0.148. The highest BCUT2D eigenvalue weighted by molar-refractivity contribution is 9.10. The van der Waals surface area contributed by atoms with Crippen molar-refractivity contribution in [3.63, 3.8) is 0 Å². The van der Waals surface area contributed by atoms with E-state index in [1.807, 2.05) is 25.1 Å². The predicted molar refractivity (Wildman–Crippen MR) is 80.8 cm³/mol. The molecule has 110 valence electrons. The Balaban J connectivity index is 2.10. The Morgan fingerprint density at radius 2 is 2.30 bits per heavy atom. The van der Waals surface area contributed by atoms with Crippen LogP contribution < -0.4 is 4.74 Å². The molecule has 0 aromatic heterocycles. The zero-order valence-electron chi connectivity index (χ0n) is 11.9. The second-order valence-electron chi connectivity index (χ2n) is 4.84. The van der Waals surface area contributed by atoms with E-state index in [2.05, 4.69) is 20.8 Å². The third-order valence-corrected chi connectivity index (χ3v) is 4.32. The highest BCUT2D eigenvalue weighted by atomic mass is 79.9. The number of hydrogen-bond acceptors (Lipinski definition) is 4. The summed E-state index contributed by atoms with van der Waals surface area (Å²) in [5.41, 5.74) is 1.13. The van der Waals surface area contributed by atoms with Gasteiger partial charge in [-0.1, -0.05) is 15.9 Å². The second-order valence-corrected chi connectivity index (χ2v) is 5.69. The van der Waals surface area contributed by atoms with Gasteiger partial charge in [0.25, 0.3) is 0 Å². The van der Waals surface area contributed by atoms with Crippen molar-refractivity contribution in [3.05, 3.63) is 28.2 Å². The third kappa shape index (κ3) is 3.52. The molecule has 1 aliphatic rings. The van der Waals surface area contributed by atoms with Gasteiger partial charge in [0.05, 0.1) is 13.7 Å². The Bertz CT molecular complexity index is 478. The third-order valence-electron chi connectivity index (χ3n) is 3.55. The fourth-order valence-corrected chi connectivity index (χ4v) is 2.91. The van der Waals surface area contributed by atoms with Gasteiger partial charge >= 0.3 is 5.97 Å². The molecule has 2 rings (SSSR count). The molecule has 0 N–H and O–H groups in total. The Morgan fingerprint density at radius 3 is 3.00 bits per heavy atom. The molecule has 1 atom stereocenters. The number of carbonyl (C=O) groups excluding carboxylic acids is 1. The first-order valence-corrected chi connectivity index (χ1v) is 7.68. The van der Waals surface area contributed by atoms with E-state index in [1.165, 1.54) is 0 Å². The minimum atomic E-state index is -0.118. The van der Waals surface area contributed by atoms with Crippen molar-refractivity contribution in [1.82, 2.24) is 4.90 Å². The fourth-order valence-electron chi connectivity index (χ4n) is 2.54. The molecule has 20 heavy (non-hydrogen) atoms. The molecule has 1 heterocycles. The molecule has 0 amide bonds. The number of nitrogens with zero attached hydrogens (tertiary/aromatic N) is 1. The summed E-state index contributed by atoms with van der Waals surface area (Å²) in [7, 11) is 1.66. The van der Waals surface area contributed by atoms with Crippen LogP contribution in [0.2, 0.25) is 0 Å². The Labute approximate surface area is 128 Å². The second kappa shape index (κ2) is 7.09. The van der Waals surface area contributed by atoms with Crippen LogP contribution in [0.25, 0.3) is 0 Å². The van der Waals surface area contributed by atoms with E-state index < -0.39 is 0 Å². The maximum atomic E-state index is 12.0. The molecule has 1 aromatic rings. The average molecular weight is 342 g/mol. The van der Waals surface area contributed by atoms with Gasteiger partial charge in [-0.2, -0.15) is 0 Å². The van der Waals surface area contributed by atoms with Crippen LogP contribution in [-0.2, 0) is 16.1 Å². The normalized spacial score (nSPS) is 19.1. The van der Waals surface area contributed by atoms with Crippen molar-refractivity contribution in [2.75, 3.05) is 20.3 Å². The average Bonchev–Trinajstić information content (AvgIpc) is 2.90. The van der Waals surface area contributed by atoms with Crippen molar-refractivity contribution in [1.29, 1.82) is 0 Å². The zero-order chi connectivity index (χ0) is 14.5. The number of likely N-dealkylation sites (tertiary alicyclic amines) is 1. The van der Waals surface area contributed by atoms with Gasteiger partial charge in [-0.25, -0.2) is 0 Å². The summed E-state index contributed by atoms with van der Waals surface area (Å²) < 4.78 is 11.4. The van der Waals surface area contributed by atoms with E-state index in [-0.39, 0.29) is 12.0 Å². The van der Waals surface area contributed by atoms with Crippen LogP contribution in [0.4, 0.5) is 0 Å². The summed E-state index contributed by atoms with van der Waals surface area (Å²) in [5.74, 6) is 0.721. The first kappa shape index (κ1) is 15.3. The molecule has 4 nitrogen and oxygen atoms in total. The van der Waals surface area contributed by atoms with Gasteiger partial charge in [-0.05, 0) is 50.1 Å². The number of methoxy groups -OCH3 is 1. The number of benzene rings is 1. The van der Waals surface area contributed by atoms with Gasteiger partial charge in [0.15, 0.2) is 0 Å². The fraction of sp³-hybridized carbons (Fsp3) is 0.533. The molecule has 1 aliphatic heterocycles. The van der Waals surface area contributed by atoms with Crippen molar-refractivity contribution >= 4 is 21.9 Å². The summed E-state index contributed by atoms with van der Waals surface area (Å²) in [5, 5.41) is 0. The number of rotatable bonds is 5. The van der Waals surface area contributed by atoms with E-state index >= 15 is 0 Å². The maximum Gasteiger partial charge on any atom is 0.323 e. The summed E-state index contributed by atoms with van der Waals surface area (Å²) in [6.45, 7) is 3.93. The van der Waals surface area contributed by atoms with Crippen LogP contribution in [0.15, 0.2) is 22.7 Å². The molecule has 0 bridgehead atoms. The molecule has 1 aromatic carbocycles. The first-order chi connectivity index (χ1) is 9.65. The molecule has 1 fully saturated rings. The highest BCUT2D eigenvalue weighted by Crippen LogP contribution is 2.27. The number of esters is 1. The van der Waals surface area contributed by atoms with Crippen LogP contribution in [0.5, 0.6) is 5.75 Å². The van der Waals surface area contributed by atoms with Crippen molar-refractivity contribution in [2.45, 2.75) is 32.4 Å². The lowest BCUT2D eigenvalue weighted by Gasteiger charge is -2.23. The summed E-state index contributed by atoms with van der Waals surface area (Å²) >= 11 is 3.56. The van der Waals surface area contributed by atoms with Gasteiger partial charge in [-0.3, -0.25) is 9.69 Å². The lowest BCUT2D eigenvalue weighted by atomic mass is 10.1. The first-order valence-electron chi connectivity index (χ1n) is 6.88. The molecule has 0 aliphatic carbocycles. The summed E-state index contributed by atoms with van der Waals surface area (Å²) in [4.78, 5) is 14.1. The predicted octanol–water partition coefficient (Wildman–Crippen LogP) is 2.99. The summed E-state index contributed by atoms with van der Waals surface area (Å²) in [6, 6.07) is 5.78. The monoisotopic (exact) mass is 341 g/mol. The topological polar surface area (TPSA) is 38.8 Å². The van der Waals surface area contributed by atoms with Crippen molar-refractivity contribution < 1.29 is 14.3 Å². The van der Waals surface area contributed by atoms with Crippen LogP contribution in [0, 0.1) is 0 Å². The van der Waals surface area contributed by atoms with Gasteiger partial charge in [0.1, 0.15) is 11.8 Å². The van der Waals surface area contributed by atoms with Crippen molar-refractivity contribution in [2.24, 2.45) is 0 Å². The van der Waals surface area contributed by atoms with Crippen LogP contribution >= 0.6 is 15.9 Å². The smallest absolute Gasteiger partial charge is 0.323 e. The standard InChI is InChI=1S/C15H20BrNO3/c1-3-20-15(18)14-5-4-8-17(14)10-11-9-12(19-2)6-7-13(11)16/h6-7,9,14H,3-5,8,10H2,1-2H3. The largest absolute Gasteiger partial charge is 0.497 e. The molecular weight excluding hydrogens is 322 g/mol. The van der Waals surface area contributed by atoms with E-state index in [0.29, 0.717) is 6.61 Å². The molecule has 5 heteroatoms. The molecular formula is C15H20BrNO3. The molecule has 0 radical (unpaired) electrons. The molecule has 1 saturated heterocycles. The maximum absolute atomic E-state index is 12.0. The van der Waals surface area contributed by atoms with E-state index in [1.54, 1.807) is 7.11 Å². The highest BCUT2D eigenvalue weighted by Gasteiger charge is 2.31. The summed E-state index contributed by atoms with van der Waals surface area (Å²) in [6.07, 6.45) is 1.91. The number of halogens is 1. The van der Waals surface area contributed by atoms with Gasteiger partial charge < -0.3 is 9.47 Å². The van der Waals surface area contributed by atoms with Crippen LogP contribution in [0.1, 0.15) is 25.3 Å². The Kier molecular flexibility index (Phi) is 5.43. The number of carbonyl (C=O) groups is 1. The number of hydrogen-bond donors (Lipinski definition) is 0. The minimum absolute atomic E-state index is 0.107. The van der Waals surface area contributed by atoms with Gasteiger partial charge in [0, 0.05) is 11.0 Å². The van der Waals surface area contributed by atoms with E-state index in [0.717, 1.165) is 41.7 Å². The van der Waals surface area contributed by atoms with Crippen molar-refractivity contribution in [3.8, 4) is 5.75 Å². The Morgan fingerprint density at radius 1 is 1.50 bits per heavy atom. The van der Waals surface area contributed by atoms with Crippen LogP contribution in [-0.4, -0.2) is 37.2 Å². The molecule has 0 saturated carbocycles. The van der Waals surface area contributed by atoms with E-state index in [9.17, 15) is 4.79 Å². The Hall–Kier alpha value is -1.07. The van der Waals surface area contributed by atoms with Gasteiger partial charge in [0.2, 0.25) is 0 Å². The number of ether oxygens (including phenoxy) is 2. The van der Waals surface area contributed by atoms with Gasteiger partial charge in [-0.15, -0.1) is 0 Å². The molecule has 1 unspecified atom stereocenters. The SMILES string of the molecule is CCOC(=O)C1CCCN1Cc1cc(OC)ccc1Br. The van der Waals surface area contributed by atoms with Crippen LogP contribution in [0.3, 0.4) is 0 Å².